The third-order valence-electron chi connectivity index (χ3n) is 5.04. The SMILES string of the molecule is CCC(C)C(=O)N1CCC(CC)(c2cc(C(F)(F)F)cc(Cl)n2)C1. The number of alkyl halides is 3. The summed E-state index contributed by atoms with van der Waals surface area (Å²) < 4.78 is 39.2. The Morgan fingerprint density at radius 1 is 1.42 bits per heavy atom. The summed E-state index contributed by atoms with van der Waals surface area (Å²) in [6.45, 7) is 6.64. The number of halogens is 4. The molecule has 2 unspecified atom stereocenters. The average Bonchev–Trinajstić information content (AvgIpc) is 2.97. The normalized spacial score (nSPS) is 22.7. The van der Waals surface area contributed by atoms with Gasteiger partial charge in [-0.15, -0.1) is 0 Å². The molecular formula is C17H22ClF3N2O. The van der Waals surface area contributed by atoms with Crippen LogP contribution in [-0.2, 0) is 16.4 Å². The Labute approximate surface area is 145 Å². The van der Waals surface area contributed by atoms with Crippen molar-refractivity contribution in [2.45, 2.75) is 51.6 Å². The van der Waals surface area contributed by atoms with Gasteiger partial charge in [-0.3, -0.25) is 4.79 Å². The summed E-state index contributed by atoms with van der Waals surface area (Å²) in [5.74, 6) is -0.0402. The number of aromatic nitrogens is 1. The highest BCUT2D eigenvalue weighted by Crippen LogP contribution is 2.40. The number of nitrogens with zero attached hydrogens (tertiary/aromatic N) is 2. The third-order valence-corrected chi connectivity index (χ3v) is 5.23. The first-order valence-electron chi connectivity index (χ1n) is 8.17. The van der Waals surface area contributed by atoms with Gasteiger partial charge in [-0.2, -0.15) is 13.2 Å². The summed E-state index contributed by atoms with van der Waals surface area (Å²) in [5.41, 5.74) is -1.05. The molecule has 1 amide bonds. The summed E-state index contributed by atoms with van der Waals surface area (Å²) in [6.07, 6.45) is -2.54. The maximum absolute atomic E-state index is 13.1. The molecule has 0 aromatic carbocycles. The lowest BCUT2D eigenvalue weighted by molar-refractivity contribution is -0.138. The van der Waals surface area contributed by atoms with Gasteiger partial charge in [0, 0.05) is 24.4 Å². The summed E-state index contributed by atoms with van der Waals surface area (Å²) in [6, 6.07) is 1.91. The molecular weight excluding hydrogens is 341 g/mol. The fourth-order valence-electron chi connectivity index (χ4n) is 3.16. The fraction of sp³-hybridized carbons (Fsp3) is 0.647. The zero-order chi connectivity index (χ0) is 18.1. The van der Waals surface area contributed by atoms with E-state index in [1.54, 1.807) is 4.90 Å². The van der Waals surface area contributed by atoms with Gasteiger partial charge in [0.25, 0.3) is 0 Å². The minimum atomic E-state index is -4.47. The summed E-state index contributed by atoms with van der Waals surface area (Å²) in [5, 5.41) is -0.167. The molecule has 0 bridgehead atoms. The molecule has 2 heterocycles. The minimum Gasteiger partial charge on any atom is -0.341 e. The van der Waals surface area contributed by atoms with Crippen LogP contribution in [0.1, 0.15) is 51.3 Å². The summed E-state index contributed by atoms with van der Waals surface area (Å²) in [7, 11) is 0. The highest BCUT2D eigenvalue weighted by molar-refractivity contribution is 6.29. The van der Waals surface area contributed by atoms with E-state index in [9.17, 15) is 18.0 Å². The van der Waals surface area contributed by atoms with Crippen LogP contribution in [0.2, 0.25) is 5.15 Å². The molecule has 3 nitrogen and oxygen atoms in total. The van der Waals surface area contributed by atoms with Gasteiger partial charge in [-0.1, -0.05) is 32.4 Å². The van der Waals surface area contributed by atoms with Gasteiger partial charge in [-0.25, -0.2) is 4.98 Å². The van der Waals surface area contributed by atoms with Crippen LogP contribution < -0.4 is 0 Å². The van der Waals surface area contributed by atoms with Crippen LogP contribution in [-0.4, -0.2) is 28.9 Å². The minimum absolute atomic E-state index is 0.0471. The van der Waals surface area contributed by atoms with Gasteiger partial charge in [0.05, 0.1) is 11.3 Å². The Hall–Kier alpha value is -1.30. The van der Waals surface area contributed by atoms with Crippen molar-refractivity contribution >= 4 is 17.5 Å². The fourth-order valence-corrected chi connectivity index (χ4v) is 3.37. The average molecular weight is 363 g/mol. The largest absolute Gasteiger partial charge is 0.416 e. The van der Waals surface area contributed by atoms with Crippen molar-refractivity contribution in [3.05, 3.63) is 28.5 Å². The molecule has 1 aromatic heterocycles. The van der Waals surface area contributed by atoms with E-state index >= 15 is 0 Å². The first-order chi connectivity index (χ1) is 11.1. The monoisotopic (exact) mass is 362 g/mol. The molecule has 0 aliphatic carbocycles. The third kappa shape index (κ3) is 3.68. The van der Waals surface area contributed by atoms with E-state index < -0.39 is 17.2 Å². The molecule has 0 spiro atoms. The molecule has 2 rings (SSSR count). The lowest BCUT2D eigenvalue weighted by Gasteiger charge is -2.29. The maximum Gasteiger partial charge on any atom is 0.416 e. The number of likely N-dealkylation sites (tertiary alicyclic amines) is 1. The number of hydrogen-bond acceptors (Lipinski definition) is 2. The molecule has 1 aliphatic heterocycles. The molecule has 1 saturated heterocycles. The van der Waals surface area contributed by atoms with Gasteiger partial charge >= 0.3 is 6.18 Å². The molecule has 24 heavy (non-hydrogen) atoms. The van der Waals surface area contributed by atoms with Crippen LogP contribution in [0.25, 0.3) is 0 Å². The van der Waals surface area contributed by atoms with Crippen LogP contribution in [0.5, 0.6) is 0 Å². The van der Waals surface area contributed by atoms with Crippen molar-refractivity contribution < 1.29 is 18.0 Å². The molecule has 1 aliphatic rings. The van der Waals surface area contributed by atoms with Crippen molar-refractivity contribution in [3.63, 3.8) is 0 Å². The van der Waals surface area contributed by atoms with Gasteiger partial charge in [0.2, 0.25) is 5.91 Å². The first-order valence-corrected chi connectivity index (χ1v) is 8.55. The molecule has 0 N–H and O–H groups in total. The quantitative estimate of drug-likeness (QED) is 0.728. The Morgan fingerprint density at radius 3 is 2.62 bits per heavy atom. The zero-order valence-electron chi connectivity index (χ0n) is 14.1. The van der Waals surface area contributed by atoms with Crippen molar-refractivity contribution in [2.24, 2.45) is 5.92 Å². The van der Waals surface area contributed by atoms with Crippen LogP contribution in [0.15, 0.2) is 12.1 Å². The first kappa shape index (κ1) is 19.0. The number of carbonyl (C=O) groups excluding carboxylic acids is 1. The Morgan fingerprint density at radius 2 is 2.08 bits per heavy atom. The number of hydrogen-bond donors (Lipinski definition) is 0. The van der Waals surface area contributed by atoms with E-state index in [1.807, 2.05) is 20.8 Å². The molecule has 134 valence electrons. The lowest BCUT2D eigenvalue weighted by atomic mass is 9.80. The van der Waals surface area contributed by atoms with Crippen molar-refractivity contribution in [3.8, 4) is 0 Å². The van der Waals surface area contributed by atoms with E-state index in [-0.39, 0.29) is 17.0 Å². The summed E-state index contributed by atoms with van der Waals surface area (Å²) >= 11 is 5.83. The number of pyridine rings is 1. The highest BCUT2D eigenvalue weighted by atomic mass is 35.5. The maximum atomic E-state index is 13.1. The molecule has 1 fully saturated rings. The number of rotatable bonds is 4. The van der Waals surface area contributed by atoms with E-state index in [0.717, 1.165) is 18.6 Å². The van der Waals surface area contributed by atoms with E-state index in [1.165, 1.54) is 0 Å². The summed E-state index contributed by atoms with van der Waals surface area (Å²) in [4.78, 5) is 18.3. The van der Waals surface area contributed by atoms with E-state index in [4.69, 9.17) is 11.6 Å². The second-order valence-corrected chi connectivity index (χ2v) is 6.90. The number of amides is 1. The van der Waals surface area contributed by atoms with Gasteiger partial charge in [-0.05, 0) is 31.4 Å². The predicted molar refractivity (Wildman–Crippen MR) is 86.9 cm³/mol. The van der Waals surface area contributed by atoms with Crippen molar-refractivity contribution in [2.75, 3.05) is 13.1 Å². The second kappa shape index (κ2) is 6.90. The zero-order valence-corrected chi connectivity index (χ0v) is 14.8. The molecule has 1 aromatic rings. The lowest BCUT2D eigenvalue weighted by Crippen LogP contribution is -2.37. The Balaban J connectivity index is 2.36. The van der Waals surface area contributed by atoms with E-state index in [2.05, 4.69) is 4.98 Å². The second-order valence-electron chi connectivity index (χ2n) is 6.51. The van der Waals surface area contributed by atoms with Crippen LogP contribution in [0.4, 0.5) is 13.2 Å². The molecule has 0 saturated carbocycles. The molecule has 7 heteroatoms. The highest BCUT2D eigenvalue weighted by Gasteiger charge is 2.43. The van der Waals surface area contributed by atoms with Crippen LogP contribution in [0, 0.1) is 5.92 Å². The van der Waals surface area contributed by atoms with Crippen LogP contribution in [0.3, 0.4) is 0 Å². The van der Waals surface area contributed by atoms with Gasteiger partial charge < -0.3 is 4.90 Å². The van der Waals surface area contributed by atoms with E-state index in [0.29, 0.717) is 31.6 Å². The van der Waals surface area contributed by atoms with Gasteiger partial charge in [0.1, 0.15) is 5.15 Å². The topological polar surface area (TPSA) is 33.2 Å². The standard InChI is InChI=1S/C17H22ClF3N2O/c1-4-11(3)15(24)23-7-6-16(5-2,10-23)13-8-12(17(19,20)21)9-14(18)22-13/h8-9,11H,4-7,10H2,1-3H3. The van der Waals surface area contributed by atoms with Gasteiger partial charge in [0.15, 0.2) is 0 Å². The molecule has 0 radical (unpaired) electrons. The van der Waals surface area contributed by atoms with Crippen molar-refractivity contribution in [1.82, 2.24) is 9.88 Å². The number of carbonyl (C=O) groups is 1. The smallest absolute Gasteiger partial charge is 0.341 e. The Bertz CT molecular complexity index is 620. The Kier molecular flexibility index (Phi) is 5.47. The molecule has 2 atom stereocenters. The predicted octanol–water partition coefficient (Wildman–Crippen LogP) is 4.68. The van der Waals surface area contributed by atoms with Crippen molar-refractivity contribution in [1.29, 1.82) is 0 Å². The van der Waals surface area contributed by atoms with Crippen LogP contribution >= 0.6 is 11.6 Å².